The van der Waals surface area contributed by atoms with Crippen LogP contribution < -0.4 is 16.9 Å². The lowest BCUT2D eigenvalue weighted by Crippen LogP contribution is -2.44. The van der Waals surface area contributed by atoms with Crippen LogP contribution in [0.25, 0.3) is 0 Å². The van der Waals surface area contributed by atoms with E-state index in [2.05, 4.69) is 5.32 Å². The van der Waals surface area contributed by atoms with Crippen molar-refractivity contribution in [3.8, 4) is 0 Å². The summed E-state index contributed by atoms with van der Waals surface area (Å²) in [5, 5.41) is 3.20. The van der Waals surface area contributed by atoms with Gasteiger partial charge in [0.15, 0.2) is 0 Å². The normalized spacial score (nSPS) is 11.1. The predicted octanol–water partition coefficient (Wildman–Crippen LogP) is 1.92. The maximum Gasteiger partial charge on any atom is 0.416 e. The number of hydrogen-bond acceptors (Lipinski definition) is 4. The number of carbonyl (C=O) groups excluding carboxylic acids is 2. The molecule has 9 heteroatoms. The summed E-state index contributed by atoms with van der Waals surface area (Å²) in [5.74, 6) is 4.42. The van der Waals surface area contributed by atoms with Crippen LogP contribution in [0.15, 0.2) is 48.5 Å². The zero-order valence-electron chi connectivity index (χ0n) is 13.6. The number of rotatable bonds is 5. The highest BCUT2D eigenvalue weighted by atomic mass is 19.4. The minimum Gasteiger partial charge on any atom is -0.398 e. The first kappa shape index (κ1) is 19.3. The number of carbonyl (C=O) groups is 2. The number of amides is 2. The second-order valence-corrected chi connectivity index (χ2v) is 5.49. The number of hydrazine groups is 1. The van der Waals surface area contributed by atoms with Gasteiger partial charge in [-0.15, -0.1) is 0 Å². The van der Waals surface area contributed by atoms with E-state index in [0.717, 1.165) is 12.1 Å². The van der Waals surface area contributed by atoms with Crippen molar-refractivity contribution in [1.82, 2.24) is 10.3 Å². The molecule has 138 valence electrons. The Kier molecular flexibility index (Phi) is 5.83. The number of halogens is 3. The molecule has 2 amide bonds. The molecule has 2 aromatic carbocycles. The fraction of sp³-hybridized carbons (Fsp3) is 0.176. The number of nitrogens with one attached hydrogen (secondary N) is 1. The fourth-order valence-corrected chi connectivity index (χ4v) is 2.14. The van der Waals surface area contributed by atoms with E-state index in [0.29, 0.717) is 10.6 Å². The van der Waals surface area contributed by atoms with Crippen molar-refractivity contribution in [3.63, 3.8) is 0 Å². The minimum absolute atomic E-state index is 0.00643. The number of nitrogens with two attached hydrogens (primary N) is 2. The zero-order chi connectivity index (χ0) is 19.3. The van der Waals surface area contributed by atoms with E-state index in [1.807, 2.05) is 0 Å². The van der Waals surface area contributed by atoms with Crippen molar-refractivity contribution in [2.45, 2.75) is 12.7 Å². The first-order valence-corrected chi connectivity index (χ1v) is 7.52. The molecule has 26 heavy (non-hydrogen) atoms. The van der Waals surface area contributed by atoms with Gasteiger partial charge in [0.1, 0.15) is 6.54 Å². The molecule has 0 radical (unpaired) electrons. The molecule has 0 bridgehead atoms. The van der Waals surface area contributed by atoms with Crippen molar-refractivity contribution in [2.24, 2.45) is 5.84 Å². The molecule has 2 rings (SSSR count). The molecule has 6 nitrogen and oxygen atoms in total. The Balaban J connectivity index is 1.88. The number of para-hydroxylation sites is 1. The van der Waals surface area contributed by atoms with Crippen LogP contribution in [0.4, 0.5) is 18.9 Å². The summed E-state index contributed by atoms with van der Waals surface area (Å²) in [7, 11) is 0. The SMILES string of the molecule is Nc1ccccc1C(=O)N(N)CC(=O)NCc1ccc(C(F)(F)F)cc1. The van der Waals surface area contributed by atoms with Gasteiger partial charge < -0.3 is 11.1 Å². The van der Waals surface area contributed by atoms with Crippen LogP contribution in [-0.4, -0.2) is 23.4 Å². The average Bonchev–Trinajstić information content (AvgIpc) is 2.59. The summed E-state index contributed by atoms with van der Waals surface area (Å²) in [6.45, 7) is -0.416. The van der Waals surface area contributed by atoms with E-state index in [1.54, 1.807) is 12.1 Å². The Hall–Kier alpha value is -3.07. The summed E-state index contributed by atoms with van der Waals surface area (Å²) in [6.07, 6.45) is -4.42. The van der Waals surface area contributed by atoms with Gasteiger partial charge in [-0.05, 0) is 29.8 Å². The van der Waals surface area contributed by atoms with Gasteiger partial charge in [0, 0.05) is 12.2 Å². The van der Waals surface area contributed by atoms with Crippen LogP contribution in [0.1, 0.15) is 21.5 Å². The third-order valence-corrected chi connectivity index (χ3v) is 3.54. The van der Waals surface area contributed by atoms with E-state index >= 15 is 0 Å². The second kappa shape index (κ2) is 7.87. The number of hydrogen-bond donors (Lipinski definition) is 3. The van der Waals surface area contributed by atoms with Gasteiger partial charge in [0.2, 0.25) is 5.91 Å². The number of benzene rings is 2. The molecule has 0 heterocycles. The molecule has 2 aromatic rings. The highest BCUT2D eigenvalue weighted by molar-refractivity contribution is 6.00. The number of nitrogen functional groups attached to an aromatic ring is 1. The van der Waals surface area contributed by atoms with Crippen molar-refractivity contribution >= 4 is 17.5 Å². The molecule has 0 saturated carbocycles. The molecule has 0 aliphatic heterocycles. The molecule has 0 spiro atoms. The monoisotopic (exact) mass is 366 g/mol. The lowest BCUT2D eigenvalue weighted by Gasteiger charge is -2.17. The van der Waals surface area contributed by atoms with E-state index in [9.17, 15) is 22.8 Å². The average molecular weight is 366 g/mol. The summed E-state index contributed by atoms with van der Waals surface area (Å²) in [6, 6.07) is 10.7. The highest BCUT2D eigenvalue weighted by Crippen LogP contribution is 2.29. The Morgan fingerprint density at radius 2 is 1.65 bits per heavy atom. The van der Waals surface area contributed by atoms with Gasteiger partial charge in [-0.25, -0.2) is 5.84 Å². The lowest BCUT2D eigenvalue weighted by atomic mass is 10.1. The highest BCUT2D eigenvalue weighted by Gasteiger charge is 2.29. The van der Waals surface area contributed by atoms with Gasteiger partial charge in [-0.2, -0.15) is 13.2 Å². The molecule has 0 aromatic heterocycles. The molecule has 0 fully saturated rings. The Bertz CT molecular complexity index is 791. The van der Waals surface area contributed by atoms with Crippen molar-refractivity contribution < 1.29 is 22.8 Å². The number of anilines is 1. The van der Waals surface area contributed by atoms with Crippen LogP contribution in [-0.2, 0) is 17.5 Å². The van der Waals surface area contributed by atoms with Crippen LogP contribution in [0, 0.1) is 0 Å². The number of nitrogens with zero attached hydrogens (tertiary/aromatic N) is 1. The molecule has 5 N–H and O–H groups in total. The third-order valence-electron chi connectivity index (χ3n) is 3.54. The topological polar surface area (TPSA) is 101 Å². The second-order valence-electron chi connectivity index (χ2n) is 5.49. The van der Waals surface area contributed by atoms with Gasteiger partial charge in [-0.1, -0.05) is 24.3 Å². The maximum absolute atomic E-state index is 12.5. The van der Waals surface area contributed by atoms with E-state index in [4.69, 9.17) is 11.6 Å². The summed E-state index contributed by atoms with van der Waals surface area (Å²) >= 11 is 0. The molecular weight excluding hydrogens is 349 g/mol. The predicted molar refractivity (Wildman–Crippen MR) is 89.4 cm³/mol. The van der Waals surface area contributed by atoms with Crippen LogP contribution in [0.5, 0.6) is 0 Å². The summed E-state index contributed by atoms with van der Waals surface area (Å²) in [5.41, 5.74) is 5.80. The fourth-order valence-electron chi connectivity index (χ4n) is 2.14. The molecule has 0 atom stereocenters. The lowest BCUT2D eigenvalue weighted by molar-refractivity contribution is -0.137. The van der Waals surface area contributed by atoms with Crippen LogP contribution >= 0.6 is 0 Å². The molecule has 0 unspecified atom stereocenters. The molecule has 0 aliphatic rings. The van der Waals surface area contributed by atoms with Gasteiger partial charge in [0.05, 0.1) is 11.1 Å². The van der Waals surface area contributed by atoms with Crippen LogP contribution in [0.2, 0.25) is 0 Å². The van der Waals surface area contributed by atoms with Crippen molar-refractivity contribution in [1.29, 1.82) is 0 Å². The Labute approximate surface area is 147 Å². The zero-order valence-corrected chi connectivity index (χ0v) is 13.6. The van der Waals surface area contributed by atoms with Gasteiger partial charge >= 0.3 is 6.18 Å². The molecule has 0 aliphatic carbocycles. The first-order valence-electron chi connectivity index (χ1n) is 7.52. The quantitative estimate of drug-likeness (QED) is 0.326. The Morgan fingerprint density at radius 3 is 2.23 bits per heavy atom. The largest absolute Gasteiger partial charge is 0.416 e. The standard InChI is InChI=1S/C17H17F3N4O2/c18-17(19,20)12-7-5-11(6-8-12)9-23-15(25)10-24(22)16(26)13-3-1-2-4-14(13)21/h1-8H,9-10,21-22H2,(H,23,25). The van der Waals surface area contributed by atoms with Crippen LogP contribution in [0.3, 0.4) is 0 Å². The smallest absolute Gasteiger partial charge is 0.398 e. The third kappa shape index (κ3) is 4.96. The molecular formula is C17H17F3N4O2. The minimum atomic E-state index is -4.42. The van der Waals surface area contributed by atoms with Crippen molar-refractivity contribution in [3.05, 3.63) is 65.2 Å². The Morgan fingerprint density at radius 1 is 1.04 bits per heavy atom. The maximum atomic E-state index is 12.5. The van der Waals surface area contributed by atoms with Gasteiger partial charge in [0.25, 0.3) is 5.91 Å². The number of alkyl halides is 3. The summed E-state index contributed by atoms with van der Waals surface area (Å²) in [4.78, 5) is 24.0. The van der Waals surface area contributed by atoms with E-state index in [1.165, 1.54) is 24.3 Å². The van der Waals surface area contributed by atoms with Crippen molar-refractivity contribution in [2.75, 3.05) is 12.3 Å². The van der Waals surface area contributed by atoms with E-state index < -0.39 is 30.1 Å². The van der Waals surface area contributed by atoms with Gasteiger partial charge in [-0.3, -0.25) is 14.6 Å². The first-order chi connectivity index (χ1) is 12.2. The van der Waals surface area contributed by atoms with E-state index in [-0.39, 0.29) is 17.8 Å². The summed E-state index contributed by atoms with van der Waals surface area (Å²) < 4.78 is 37.5. The molecule has 0 saturated heterocycles.